The van der Waals surface area contributed by atoms with Crippen LogP contribution in [0.5, 0.6) is 0 Å². The van der Waals surface area contributed by atoms with Gasteiger partial charge in [-0.15, -0.1) is 0 Å². The summed E-state index contributed by atoms with van der Waals surface area (Å²) in [6.07, 6.45) is 7.72. The van der Waals surface area contributed by atoms with E-state index < -0.39 is 5.60 Å². The zero-order chi connectivity index (χ0) is 24.2. The average Bonchev–Trinajstić information content (AvgIpc) is 3.57. The summed E-state index contributed by atoms with van der Waals surface area (Å²) < 4.78 is 7.31. The Balaban J connectivity index is 1.15. The Morgan fingerprint density at radius 1 is 1.17 bits per heavy atom. The van der Waals surface area contributed by atoms with Gasteiger partial charge < -0.3 is 20.1 Å². The number of aromatic nitrogens is 4. The fraction of sp³-hybridized carbons (Fsp3) is 0.560. The lowest BCUT2D eigenvalue weighted by Gasteiger charge is -2.43. The molecule has 3 saturated carbocycles. The lowest BCUT2D eigenvalue weighted by Crippen LogP contribution is -2.52. The second kappa shape index (κ2) is 7.22. The van der Waals surface area contributed by atoms with Gasteiger partial charge in [0.1, 0.15) is 0 Å². The van der Waals surface area contributed by atoms with Crippen molar-refractivity contribution < 1.29 is 9.84 Å². The molecule has 0 radical (unpaired) electrons. The summed E-state index contributed by atoms with van der Waals surface area (Å²) >= 11 is 13.4. The number of nitrogens with one attached hydrogen (secondary N) is 1. The Morgan fingerprint density at radius 3 is 2.63 bits per heavy atom. The van der Waals surface area contributed by atoms with Crippen molar-refractivity contribution >= 4 is 51.4 Å². The van der Waals surface area contributed by atoms with Crippen molar-refractivity contribution in [1.82, 2.24) is 19.7 Å². The van der Waals surface area contributed by atoms with Gasteiger partial charge in [-0.05, 0) is 44.7 Å². The minimum Gasteiger partial charge on any atom is -0.389 e. The number of fused-ring (bicyclic) bond motifs is 4. The van der Waals surface area contributed by atoms with Crippen LogP contribution in [0.2, 0.25) is 10.2 Å². The summed E-state index contributed by atoms with van der Waals surface area (Å²) in [7, 11) is 1.74. The number of anilines is 3. The molecule has 184 valence electrons. The van der Waals surface area contributed by atoms with Gasteiger partial charge in [-0.3, -0.25) is 0 Å². The van der Waals surface area contributed by atoms with E-state index in [2.05, 4.69) is 20.3 Å². The number of benzene rings is 1. The quantitative estimate of drug-likeness (QED) is 0.496. The second-order valence-corrected chi connectivity index (χ2v) is 11.9. The van der Waals surface area contributed by atoms with E-state index >= 15 is 0 Å². The van der Waals surface area contributed by atoms with E-state index in [4.69, 9.17) is 32.9 Å². The summed E-state index contributed by atoms with van der Waals surface area (Å²) in [5.41, 5.74) is 2.07. The number of piperidine rings is 1. The number of aliphatic hydroxyl groups is 1. The summed E-state index contributed by atoms with van der Waals surface area (Å²) in [4.78, 5) is 11.5. The lowest BCUT2D eigenvalue weighted by atomic mass is 9.82. The molecular formula is C25H28Cl2N6O2. The van der Waals surface area contributed by atoms with E-state index in [-0.39, 0.29) is 22.8 Å². The highest BCUT2D eigenvalue weighted by Gasteiger charge is 2.85. The molecule has 2 bridgehead atoms. The van der Waals surface area contributed by atoms with E-state index in [1.54, 1.807) is 19.5 Å². The molecule has 0 amide bonds. The number of hydrogen-bond acceptors (Lipinski definition) is 7. The molecule has 0 spiro atoms. The maximum absolute atomic E-state index is 10.9. The molecule has 2 N–H and O–H groups in total. The molecule has 1 saturated heterocycles. The molecule has 1 aromatic carbocycles. The predicted molar refractivity (Wildman–Crippen MR) is 136 cm³/mol. The average molecular weight is 515 g/mol. The van der Waals surface area contributed by atoms with Crippen molar-refractivity contribution in [3.05, 3.63) is 34.7 Å². The van der Waals surface area contributed by atoms with Crippen LogP contribution in [-0.2, 0) is 10.3 Å². The molecule has 7 rings (SSSR count). The van der Waals surface area contributed by atoms with Gasteiger partial charge in [-0.2, -0.15) is 5.10 Å². The van der Waals surface area contributed by atoms with Gasteiger partial charge in [0.2, 0.25) is 5.95 Å². The first-order valence-electron chi connectivity index (χ1n) is 12.2. The maximum Gasteiger partial charge on any atom is 0.227 e. The van der Waals surface area contributed by atoms with Gasteiger partial charge >= 0.3 is 0 Å². The number of nitrogens with zero attached hydrogens (tertiary/aromatic N) is 5. The zero-order valence-corrected chi connectivity index (χ0v) is 21.3. The van der Waals surface area contributed by atoms with Crippen molar-refractivity contribution in [1.29, 1.82) is 0 Å². The highest BCUT2D eigenvalue weighted by atomic mass is 35.5. The van der Waals surface area contributed by atoms with Crippen LogP contribution in [0.1, 0.15) is 32.6 Å². The number of hydrogen-bond donors (Lipinski definition) is 2. The van der Waals surface area contributed by atoms with Crippen molar-refractivity contribution in [3.8, 4) is 0 Å². The topological polar surface area (TPSA) is 88.3 Å². The van der Waals surface area contributed by atoms with Gasteiger partial charge in [-0.25, -0.2) is 14.6 Å². The van der Waals surface area contributed by atoms with Crippen molar-refractivity contribution in [3.63, 3.8) is 0 Å². The van der Waals surface area contributed by atoms with Gasteiger partial charge in [0.05, 0.1) is 45.9 Å². The maximum atomic E-state index is 10.9. The predicted octanol–water partition coefficient (Wildman–Crippen LogP) is 4.61. The summed E-state index contributed by atoms with van der Waals surface area (Å²) in [5, 5.41) is 20.8. The molecule has 4 fully saturated rings. The molecule has 35 heavy (non-hydrogen) atoms. The Morgan fingerprint density at radius 2 is 1.91 bits per heavy atom. The van der Waals surface area contributed by atoms with Gasteiger partial charge in [0.15, 0.2) is 5.15 Å². The van der Waals surface area contributed by atoms with Gasteiger partial charge in [0, 0.05) is 49.0 Å². The van der Waals surface area contributed by atoms with E-state index in [1.807, 2.05) is 23.7 Å². The van der Waals surface area contributed by atoms with Gasteiger partial charge in [0.25, 0.3) is 0 Å². The molecule has 3 aromatic rings. The fourth-order valence-corrected chi connectivity index (χ4v) is 7.31. The van der Waals surface area contributed by atoms with E-state index in [1.165, 1.54) is 0 Å². The molecular weight excluding hydrogens is 487 g/mol. The van der Waals surface area contributed by atoms with Crippen LogP contribution >= 0.6 is 23.2 Å². The van der Waals surface area contributed by atoms with E-state index in [0.29, 0.717) is 21.8 Å². The second-order valence-electron chi connectivity index (χ2n) is 11.1. The minimum absolute atomic E-state index is 0.00835. The molecule has 1 unspecified atom stereocenters. The number of ether oxygens (including phenoxy) is 1. The monoisotopic (exact) mass is 514 g/mol. The first-order valence-corrected chi connectivity index (χ1v) is 13.0. The first-order chi connectivity index (χ1) is 16.8. The minimum atomic E-state index is -0.591. The van der Waals surface area contributed by atoms with Crippen LogP contribution in [0.4, 0.5) is 17.3 Å². The Labute approximate surface area is 213 Å². The third-order valence-corrected chi connectivity index (χ3v) is 9.84. The Bertz CT molecular complexity index is 1340. The zero-order valence-electron chi connectivity index (χ0n) is 19.8. The van der Waals surface area contributed by atoms with Gasteiger partial charge in [-0.1, -0.05) is 23.2 Å². The van der Waals surface area contributed by atoms with Crippen molar-refractivity contribution in [2.45, 2.75) is 43.7 Å². The third kappa shape index (κ3) is 3.09. The molecule has 3 atom stereocenters. The number of rotatable bonds is 6. The smallest absolute Gasteiger partial charge is 0.227 e. The standard InChI is InChI=1S/C25H28Cl2N6O2/c1-23(34)15-3-4-16(23)10-32(9-15)20-6-18-14(5-17(20)26)7-28-22(30-18)31-19-8-29-33(21(19)27)25-11-24(25,12-25)13-35-2/h5-8,15-16,34H,3-4,9-13H2,1-2H3,(H,28,30,31)/t15-,16+,23?,24?,25?. The lowest BCUT2D eigenvalue weighted by molar-refractivity contribution is -0.0271. The number of halogens is 2. The summed E-state index contributed by atoms with van der Waals surface area (Å²) in [6, 6.07) is 3.95. The first kappa shape index (κ1) is 22.1. The third-order valence-electron chi connectivity index (χ3n) is 9.17. The normalized spacial score (nSPS) is 34.8. The highest BCUT2D eigenvalue weighted by molar-refractivity contribution is 6.34. The molecule has 3 heterocycles. The van der Waals surface area contributed by atoms with Crippen LogP contribution < -0.4 is 10.2 Å². The molecule has 2 aromatic heterocycles. The van der Waals surface area contributed by atoms with Crippen LogP contribution in [0.3, 0.4) is 0 Å². The fourth-order valence-electron chi connectivity index (χ4n) is 6.72. The van der Waals surface area contributed by atoms with Crippen molar-refractivity contribution in [2.75, 3.05) is 37.0 Å². The van der Waals surface area contributed by atoms with Crippen molar-refractivity contribution in [2.24, 2.45) is 17.3 Å². The SMILES string of the molecule is COCC12CC1(n1ncc(Nc3ncc4cc(Cl)c(N5C[C@H]6CC[C@@H](C5)C6(C)O)cc4n3)c1Cl)C2. The van der Waals surface area contributed by atoms with Crippen LogP contribution in [0.25, 0.3) is 10.9 Å². The molecule has 10 heteroatoms. The molecule has 3 aliphatic carbocycles. The molecule has 1 aliphatic heterocycles. The van der Waals surface area contributed by atoms with Crippen LogP contribution in [0, 0.1) is 17.3 Å². The Kier molecular flexibility index (Phi) is 4.56. The number of methoxy groups -OCH3 is 1. The highest BCUT2D eigenvalue weighted by Crippen LogP contribution is 2.83. The molecule has 8 nitrogen and oxygen atoms in total. The van der Waals surface area contributed by atoms with E-state index in [9.17, 15) is 5.11 Å². The Hall–Kier alpha value is -2.13. The summed E-state index contributed by atoms with van der Waals surface area (Å²) in [6.45, 7) is 4.31. The molecule has 4 aliphatic rings. The van der Waals surface area contributed by atoms with E-state index in [0.717, 1.165) is 62.0 Å². The summed E-state index contributed by atoms with van der Waals surface area (Å²) in [5.74, 6) is 0.977. The largest absolute Gasteiger partial charge is 0.389 e. The van der Waals surface area contributed by atoms with Crippen LogP contribution in [-0.4, -0.2) is 57.3 Å². The van der Waals surface area contributed by atoms with Crippen LogP contribution in [0.15, 0.2) is 24.5 Å².